The van der Waals surface area contributed by atoms with E-state index in [-0.39, 0.29) is 24.6 Å². The molecule has 0 spiro atoms. The van der Waals surface area contributed by atoms with Gasteiger partial charge in [0, 0.05) is 26.1 Å². The Morgan fingerprint density at radius 1 is 1.41 bits per heavy atom. The SMILES string of the molecule is COC1CCC(NC(=O)NCCCC(=O)O)C1. The molecule has 2 amide bonds. The summed E-state index contributed by atoms with van der Waals surface area (Å²) in [6, 6.07) is -0.0587. The molecule has 0 bridgehead atoms. The van der Waals surface area contributed by atoms with Crippen LogP contribution in [0.1, 0.15) is 32.1 Å². The number of carbonyl (C=O) groups excluding carboxylic acids is 1. The van der Waals surface area contributed by atoms with Gasteiger partial charge in [-0.2, -0.15) is 0 Å². The van der Waals surface area contributed by atoms with Crippen LogP contribution in [0.15, 0.2) is 0 Å². The maximum Gasteiger partial charge on any atom is 0.315 e. The molecule has 0 aromatic carbocycles. The predicted molar refractivity (Wildman–Crippen MR) is 61.8 cm³/mol. The third kappa shape index (κ3) is 5.53. The summed E-state index contributed by atoms with van der Waals surface area (Å²) in [7, 11) is 1.68. The summed E-state index contributed by atoms with van der Waals surface area (Å²) in [6.45, 7) is 0.387. The van der Waals surface area contributed by atoms with Crippen molar-refractivity contribution in [2.75, 3.05) is 13.7 Å². The molecule has 98 valence electrons. The van der Waals surface area contributed by atoms with E-state index in [1.807, 2.05) is 0 Å². The van der Waals surface area contributed by atoms with Crippen LogP contribution in [0.2, 0.25) is 0 Å². The Morgan fingerprint density at radius 2 is 2.18 bits per heavy atom. The number of amides is 2. The highest BCUT2D eigenvalue weighted by molar-refractivity contribution is 5.74. The van der Waals surface area contributed by atoms with Crippen LogP contribution in [0.5, 0.6) is 0 Å². The van der Waals surface area contributed by atoms with Crippen molar-refractivity contribution in [3.05, 3.63) is 0 Å². The second-order valence-corrected chi connectivity index (χ2v) is 4.27. The van der Waals surface area contributed by atoms with Crippen LogP contribution in [0.3, 0.4) is 0 Å². The third-order valence-corrected chi connectivity index (χ3v) is 2.91. The Balaban J connectivity index is 2.07. The summed E-state index contributed by atoms with van der Waals surface area (Å²) in [6.07, 6.45) is 3.52. The van der Waals surface area contributed by atoms with Crippen LogP contribution in [0.4, 0.5) is 4.79 Å². The van der Waals surface area contributed by atoms with Gasteiger partial charge in [0.05, 0.1) is 6.10 Å². The fourth-order valence-corrected chi connectivity index (χ4v) is 1.96. The van der Waals surface area contributed by atoms with Crippen molar-refractivity contribution in [2.45, 2.75) is 44.2 Å². The first-order chi connectivity index (χ1) is 8.11. The topological polar surface area (TPSA) is 87.7 Å². The molecule has 1 aliphatic rings. The summed E-state index contributed by atoms with van der Waals surface area (Å²) in [4.78, 5) is 21.7. The van der Waals surface area contributed by atoms with Crippen molar-refractivity contribution in [3.63, 3.8) is 0 Å². The van der Waals surface area contributed by atoms with E-state index in [2.05, 4.69) is 10.6 Å². The molecule has 0 radical (unpaired) electrons. The highest BCUT2D eigenvalue weighted by Crippen LogP contribution is 2.21. The van der Waals surface area contributed by atoms with Crippen molar-refractivity contribution in [2.24, 2.45) is 0 Å². The van der Waals surface area contributed by atoms with Gasteiger partial charge in [0.25, 0.3) is 0 Å². The van der Waals surface area contributed by atoms with E-state index in [0.717, 1.165) is 19.3 Å². The van der Waals surface area contributed by atoms with E-state index in [1.54, 1.807) is 7.11 Å². The fourth-order valence-electron chi connectivity index (χ4n) is 1.96. The molecule has 1 aliphatic carbocycles. The number of hydrogen-bond acceptors (Lipinski definition) is 3. The lowest BCUT2D eigenvalue weighted by molar-refractivity contribution is -0.137. The lowest BCUT2D eigenvalue weighted by Crippen LogP contribution is -2.41. The van der Waals surface area contributed by atoms with Gasteiger partial charge < -0.3 is 20.5 Å². The Morgan fingerprint density at radius 3 is 2.76 bits per heavy atom. The normalized spacial score (nSPS) is 23.4. The number of carboxylic acids is 1. The molecular formula is C11H20N2O4. The van der Waals surface area contributed by atoms with E-state index < -0.39 is 5.97 Å². The van der Waals surface area contributed by atoms with E-state index in [9.17, 15) is 9.59 Å². The van der Waals surface area contributed by atoms with Crippen molar-refractivity contribution in [1.82, 2.24) is 10.6 Å². The summed E-state index contributed by atoms with van der Waals surface area (Å²) >= 11 is 0. The van der Waals surface area contributed by atoms with Gasteiger partial charge >= 0.3 is 12.0 Å². The zero-order valence-electron chi connectivity index (χ0n) is 10.1. The third-order valence-electron chi connectivity index (χ3n) is 2.91. The number of rotatable bonds is 6. The molecule has 6 heteroatoms. The van der Waals surface area contributed by atoms with Crippen LogP contribution < -0.4 is 10.6 Å². The van der Waals surface area contributed by atoms with Gasteiger partial charge in [-0.05, 0) is 25.7 Å². The number of aliphatic carboxylic acids is 1. The number of hydrogen-bond donors (Lipinski definition) is 3. The van der Waals surface area contributed by atoms with Crippen LogP contribution in [-0.4, -0.2) is 42.9 Å². The zero-order chi connectivity index (χ0) is 12.7. The molecule has 3 N–H and O–H groups in total. The number of urea groups is 1. The van der Waals surface area contributed by atoms with Crippen LogP contribution in [0.25, 0.3) is 0 Å². The molecule has 0 heterocycles. The van der Waals surface area contributed by atoms with E-state index >= 15 is 0 Å². The first-order valence-electron chi connectivity index (χ1n) is 5.90. The lowest BCUT2D eigenvalue weighted by Gasteiger charge is -2.13. The quantitative estimate of drug-likeness (QED) is 0.601. The molecule has 0 saturated heterocycles. The smallest absolute Gasteiger partial charge is 0.315 e. The Labute approximate surface area is 101 Å². The molecule has 1 saturated carbocycles. The summed E-state index contributed by atoms with van der Waals surface area (Å²) in [5, 5.41) is 13.9. The fraction of sp³-hybridized carbons (Fsp3) is 0.818. The summed E-state index contributed by atoms with van der Waals surface area (Å²) in [5.41, 5.74) is 0. The Bertz CT molecular complexity index is 270. The van der Waals surface area contributed by atoms with Gasteiger partial charge in [-0.15, -0.1) is 0 Å². The van der Waals surface area contributed by atoms with Gasteiger partial charge in [-0.1, -0.05) is 0 Å². The molecule has 0 aromatic rings. The minimum absolute atomic E-state index is 0.0788. The monoisotopic (exact) mass is 244 g/mol. The largest absolute Gasteiger partial charge is 0.481 e. The molecule has 1 fully saturated rings. The molecule has 1 rings (SSSR count). The van der Waals surface area contributed by atoms with Gasteiger partial charge in [0.15, 0.2) is 0 Å². The highest BCUT2D eigenvalue weighted by Gasteiger charge is 2.25. The first-order valence-corrected chi connectivity index (χ1v) is 5.90. The van der Waals surface area contributed by atoms with Gasteiger partial charge in [-0.25, -0.2) is 4.79 Å². The summed E-state index contributed by atoms with van der Waals surface area (Å²) < 4.78 is 5.21. The van der Waals surface area contributed by atoms with Crippen molar-refractivity contribution in [3.8, 4) is 0 Å². The van der Waals surface area contributed by atoms with Crippen molar-refractivity contribution >= 4 is 12.0 Å². The van der Waals surface area contributed by atoms with Crippen LogP contribution in [0, 0.1) is 0 Å². The van der Waals surface area contributed by atoms with Gasteiger partial charge in [0.2, 0.25) is 0 Å². The maximum atomic E-state index is 11.4. The minimum atomic E-state index is -0.842. The van der Waals surface area contributed by atoms with E-state index in [4.69, 9.17) is 9.84 Å². The zero-order valence-corrected chi connectivity index (χ0v) is 10.1. The van der Waals surface area contributed by atoms with E-state index in [1.165, 1.54) is 0 Å². The highest BCUT2D eigenvalue weighted by atomic mass is 16.5. The molecule has 0 aromatic heterocycles. The lowest BCUT2D eigenvalue weighted by atomic mass is 10.2. The molecule has 2 unspecified atom stereocenters. The second kappa shape index (κ2) is 7.11. The minimum Gasteiger partial charge on any atom is -0.481 e. The number of methoxy groups -OCH3 is 1. The Hall–Kier alpha value is -1.30. The number of ether oxygens (including phenoxy) is 1. The first kappa shape index (κ1) is 13.8. The van der Waals surface area contributed by atoms with Crippen LogP contribution in [-0.2, 0) is 9.53 Å². The molecule has 0 aliphatic heterocycles. The van der Waals surface area contributed by atoms with Crippen molar-refractivity contribution in [1.29, 1.82) is 0 Å². The van der Waals surface area contributed by atoms with E-state index in [0.29, 0.717) is 13.0 Å². The standard InChI is InChI=1S/C11H20N2O4/c1-17-9-5-4-8(7-9)13-11(16)12-6-2-3-10(14)15/h8-9H,2-7H2,1H3,(H,14,15)(H2,12,13,16). The number of nitrogens with one attached hydrogen (secondary N) is 2. The molecular weight excluding hydrogens is 224 g/mol. The predicted octanol–water partition coefficient (Wildman–Crippen LogP) is 0.718. The maximum absolute atomic E-state index is 11.4. The number of carbonyl (C=O) groups is 2. The van der Waals surface area contributed by atoms with Crippen LogP contribution >= 0.6 is 0 Å². The van der Waals surface area contributed by atoms with Gasteiger partial charge in [-0.3, -0.25) is 4.79 Å². The molecule has 17 heavy (non-hydrogen) atoms. The Kier molecular flexibility index (Phi) is 5.76. The summed E-state index contributed by atoms with van der Waals surface area (Å²) in [5.74, 6) is -0.842. The number of carboxylic acid groups (broad SMARTS) is 1. The average molecular weight is 244 g/mol. The molecule has 2 atom stereocenters. The van der Waals surface area contributed by atoms with Crippen molar-refractivity contribution < 1.29 is 19.4 Å². The second-order valence-electron chi connectivity index (χ2n) is 4.27. The van der Waals surface area contributed by atoms with Gasteiger partial charge in [0.1, 0.15) is 0 Å². The average Bonchev–Trinajstić information content (AvgIpc) is 2.72. The molecule has 6 nitrogen and oxygen atoms in total.